The first-order valence-electron chi connectivity index (χ1n) is 10.9. The van der Waals surface area contributed by atoms with Crippen molar-refractivity contribution in [3.05, 3.63) is 59.7 Å². The molecule has 0 spiro atoms. The molecule has 31 heavy (non-hydrogen) atoms. The van der Waals surface area contributed by atoms with E-state index in [1.165, 1.54) is 41.3 Å². The third kappa shape index (κ3) is 5.73. The summed E-state index contributed by atoms with van der Waals surface area (Å²) >= 11 is 0. The highest BCUT2D eigenvalue weighted by Gasteiger charge is 2.23. The maximum absolute atomic E-state index is 12.6. The molecule has 7 heteroatoms. The highest BCUT2D eigenvalue weighted by atomic mass is 32.2. The minimum atomic E-state index is -3.56. The molecule has 0 radical (unpaired) electrons. The van der Waals surface area contributed by atoms with Crippen LogP contribution in [0.1, 0.15) is 56.0 Å². The second-order valence-corrected chi connectivity index (χ2v) is 10.6. The molecule has 1 atom stereocenters. The molecule has 1 fully saturated rings. The Morgan fingerprint density at radius 1 is 1.10 bits per heavy atom. The number of benzene rings is 2. The van der Waals surface area contributed by atoms with E-state index in [2.05, 4.69) is 17.1 Å². The molecule has 0 bridgehead atoms. The number of hydrogen-bond acceptors (Lipinski definition) is 4. The van der Waals surface area contributed by atoms with Gasteiger partial charge in [0.1, 0.15) is 0 Å². The number of likely N-dealkylation sites (tertiary alicyclic amines) is 1. The Morgan fingerprint density at radius 3 is 2.32 bits per heavy atom. The second kappa shape index (κ2) is 9.94. The van der Waals surface area contributed by atoms with Gasteiger partial charge in [0.25, 0.3) is 5.91 Å². The normalized spacial score (nSPS) is 17.8. The zero-order valence-electron chi connectivity index (χ0n) is 18.8. The molecule has 1 aliphatic rings. The number of piperidine rings is 1. The van der Waals surface area contributed by atoms with Crippen LogP contribution in [0.25, 0.3) is 0 Å². The van der Waals surface area contributed by atoms with Crippen LogP contribution >= 0.6 is 0 Å². The summed E-state index contributed by atoms with van der Waals surface area (Å²) in [6.45, 7) is 7.98. The van der Waals surface area contributed by atoms with Gasteiger partial charge in [0.05, 0.1) is 4.90 Å². The highest BCUT2D eigenvalue weighted by Crippen LogP contribution is 2.21. The summed E-state index contributed by atoms with van der Waals surface area (Å²) in [5.41, 5.74) is 2.37. The van der Waals surface area contributed by atoms with Gasteiger partial charge in [-0.2, -0.15) is 4.31 Å². The molecule has 0 saturated carbocycles. The van der Waals surface area contributed by atoms with Gasteiger partial charge in [-0.05, 0) is 82.1 Å². The van der Waals surface area contributed by atoms with Crippen molar-refractivity contribution in [2.75, 3.05) is 18.9 Å². The van der Waals surface area contributed by atoms with Crippen LogP contribution in [0.4, 0.5) is 5.69 Å². The molecule has 6 nitrogen and oxygen atoms in total. The molecule has 1 heterocycles. The van der Waals surface area contributed by atoms with Gasteiger partial charge in [0, 0.05) is 36.9 Å². The average molecular weight is 444 g/mol. The Morgan fingerprint density at radius 2 is 1.74 bits per heavy atom. The fourth-order valence-electron chi connectivity index (χ4n) is 3.75. The number of nitrogens with zero attached hydrogens (tertiary/aromatic N) is 2. The van der Waals surface area contributed by atoms with Crippen molar-refractivity contribution in [3.8, 4) is 0 Å². The molecule has 3 rings (SSSR count). The molecule has 168 valence electrons. The van der Waals surface area contributed by atoms with E-state index < -0.39 is 10.0 Å². The van der Waals surface area contributed by atoms with Crippen LogP contribution in [0.5, 0.6) is 0 Å². The third-order valence-electron chi connectivity index (χ3n) is 6.06. The third-order valence-corrected chi connectivity index (χ3v) is 8.11. The van der Waals surface area contributed by atoms with Gasteiger partial charge >= 0.3 is 0 Å². The Labute approximate surface area is 186 Å². The predicted octanol–water partition coefficient (Wildman–Crippen LogP) is 4.34. The maximum atomic E-state index is 12.6. The van der Waals surface area contributed by atoms with Gasteiger partial charge in [-0.25, -0.2) is 8.42 Å². The molecule has 2 aromatic carbocycles. The zero-order chi connectivity index (χ0) is 22.6. The van der Waals surface area contributed by atoms with Crippen molar-refractivity contribution in [2.24, 2.45) is 0 Å². The van der Waals surface area contributed by atoms with Crippen molar-refractivity contribution < 1.29 is 13.2 Å². The number of hydrogen-bond donors (Lipinski definition) is 1. The van der Waals surface area contributed by atoms with Crippen molar-refractivity contribution in [1.29, 1.82) is 0 Å². The van der Waals surface area contributed by atoms with Gasteiger partial charge in [0.2, 0.25) is 10.0 Å². The zero-order valence-corrected chi connectivity index (χ0v) is 19.7. The van der Waals surface area contributed by atoms with E-state index in [-0.39, 0.29) is 16.8 Å². The van der Waals surface area contributed by atoms with E-state index in [0.29, 0.717) is 11.6 Å². The summed E-state index contributed by atoms with van der Waals surface area (Å²) in [7, 11) is -2.01. The van der Waals surface area contributed by atoms with Crippen molar-refractivity contribution in [1.82, 2.24) is 9.21 Å². The Hall–Kier alpha value is -2.22. The van der Waals surface area contributed by atoms with Crippen LogP contribution in [-0.2, 0) is 16.6 Å². The number of carbonyl (C=O) groups excluding carboxylic acids is 1. The molecule has 0 aromatic heterocycles. The van der Waals surface area contributed by atoms with E-state index in [1.54, 1.807) is 19.2 Å². The van der Waals surface area contributed by atoms with Crippen LogP contribution in [0.3, 0.4) is 0 Å². The number of anilines is 1. The van der Waals surface area contributed by atoms with Crippen molar-refractivity contribution in [3.63, 3.8) is 0 Å². The number of sulfonamides is 1. The first-order chi connectivity index (χ1) is 14.7. The molecule has 2 aromatic rings. The van der Waals surface area contributed by atoms with Gasteiger partial charge < -0.3 is 5.32 Å². The second-order valence-electron chi connectivity index (χ2n) is 8.61. The molecule has 1 N–H and O–H groups in total. The molecule has 1 aliphatic heterocycles. The van der Waals surface area contributed by atoms with Crippen molar-refractivity contribution >= 4 is 21.6 Å². The summed E-state index contributed by atoms with van der Waals surface area (Å²) < 4.78 is 26.4. The Balaban J connectivity index is 1.62. The van der Waals surface area contributed by atoms with E-state index in [0.717, 1.165) is 18.8 Å². The van der Waals surface area contributed by atoms with E-state index in [4.69, 9.17) is 0 Å². The standard InChI is InChI=1S/C24H33N3O3S/c1-18(2)26(4)31(29,30)23-14-10-21(11-15-23)24(28)25-22-12-8-20(9-13-22)17-27-16-6-5-7-19(27)3/h8-15,18-19H,5-7,16-17H2,1-4H3,(H,25,28). The van der Waals surface area contributed by atoms with Gasteiger partial charge in [0.15, 0.2) is 0 Å². The van der Waals surface area contributed by atoms with Gasteiger partial charge in [-0.15, -0.1) is 0 Å². The lowest BCUT2D eigenvalue weighted by molar-refractivity contribution is 0.102. The van der Waals surface area contributed by atoms with Crippen LogP contribution in [0.15, 0.2) is 53.4 Å². The summed E-state index contributed by atoms with van der Waals surface area (Å²) in [4.78, 5) is 15.3. The SMILES string of the molecule is CC1CCCCN1Cc1ccc(NC(=O)c2ccc(S(=O)(=O)N(C)C(C)C)cc2)cc1. The fourth-order valence-corrected chi connectivity index (χ4v) is 5.11. The number of rotatable bonds is 7. The Bertz CT molecular complexity index is 986. The van der Waals surface area contributed by atoms with Crippen LogP contribution in [0, 0.1) is 0 Å². The molecule has 0 aliphatic carbocycles. The summed E-state index contributed by atoms with van der Waals surface area (Å²) in [6, 6.07) is 14.4. The lowest BCUT2D eigenvalue weighted by Crippen LogP contribution is -2.36. The summed E-state index contributed by atoms with van der Waals surface area (Å²) in [5, 5.41) is 2.88. The first kappa shape index (κ1) is 23.4. The van der Waals surface area contributed by atoms with Gasteiger partial charge in [-0.1, -0.05) is 18.6 Å². The smallest absolute Gasteiger partial charge is 0.255 e. The number of carbonyl (C=O) groups is 1. The molecular formula is C24H33N3O3S. The monoisotopic (exact) mass is 443 g/mol. The van der Waals surface area contributed by atoms with Crippen molar-refractivity contribution in [2.45, 2.75) is 63.6 Å². The molecule has 1 unspecified atom stereocenters. The van der Waals surface area contributed by atoms with Crippen LogP contribution in [0.2, 0.25) is 0 Å². The number of amides is 1. The van der Waals surface area contributed by atoms with E-state index in [9.17, 15) is 13.2 Å². The van der Waals surface area contributed by atoms with E-state index >= 15 is 0 Å². The lowest BCUT2D eigenvalue weighted by atomic mass is 10.0. The summed E-state index contributed by atoms with van der Waals surface area (Å²) in [6.07, 6.45) is 3.82. The quantitative estimate of drug-likeness (QED) is 0.691. The highest BCUT2D eigenvalue weighted by molar-refractivity contribution is 7.89. The number of nitrogens with one attached hydrogen (secondary N) is 1. The maximum Gasteiger partial charge on any atom is 0.255 e. The molecular weight excluding hydrogens is 410 g/mol. The first-order valence-corrected chi connectivity index (χ1v) is 12.3. The van der Waals surface area contributed by atoms with E-state index in [1.807, 2.05) is 38.1 Å². The largest absolute Gasteiger partial charge is 0.322 e. The van der Waals surface area contributed by atoms with Crippen LogP contribution < -0.4 is 5.32 Å². The topological polar surface area (TPSA) is 69.7 Å². The molecule has 1 amide bonds. The van der Waals surface area contributed by atoms with Gasteiger partial charge in [-0.3, -0.25) is 9.69 Å². The predicted molar refractivity (Wildman–Crippen MR) is 125 cm³/mol. The molecule has 1 saturated heterocycles. The summed E-state index contributed by atoms with van der Waals surface area (Å²) in [5.74, 6) is -0.265. The fraction of sp³-hybridized carbons (Fsp3) is 0.458. The minimum Gasteiger partial charge on any atom is -0.322 e. The van der Waals surface area contributed by atoms with Crippen LogP contribution in [-0.4, -0.2) is 49.2 Å². The Kier molecular flexibility index (Phi) is 7.51. The average Bonchev–Trinajstić information content (AvgIpc) is 2.76. The lowest BCUT2D eigenvalue weighted by Gasteiger charge is -2.33. The minimum absolute atomic E-state index is 0.144.